The summed E-state index contributed by atoms with van der Waals surface area (Å²) in [6.07, 6.45) is 18.8. The van der Waals surface area contributed by atoms with E-state index in [9.17, 15) is 13.0 Å². The van der Waals surface area contributed by atoms with Crippen molar-refractivity contribution in [1.82, 2.24) is 0 Å². The van der Waals surface area contributed by atoms with Gasteiger partial charge in [0.05, 0.1) is 4.90 Å². The molecule has 0 aliphatic carbocycles. The van der Waals surface area contributed by atoms with Gasteiger partial charge in [0.1, 0.15) is 0 Å². The van der Waals surface area contributed by atoms with Crippen LogP contribution < -0.4 is 0 Å². The Labute approximate surface area is 223 Å². The van der Waals surface area contributed by atoms with Gasteiger partial charge in [0.15, 0.2) is 0 Å². The van der Waals surface area contributed by atoms with Gasteiger partial charge < -0.3 is 0 Å². The maximum atomic E-state index is 11.8. The van der Waals surface area contributed by atoms with Crippen molar-refractivity contribution in [2.24, 2.45) is 0 Å². The summed E-state index contributed by atoms with van der Waals surface area (Å²) in [5.74, 6) is 0. The Kier molecular flexibility index (Phi) is 18.8. The minimum atomic E-state index is -4.16. The van der Waals surface area contributed by atoms with Crippen molar-refractivity contribution >= 4 is 61.5 Å². The van der Waals surface area contributed by atoms with Gasteiger partial charge in [-0.1, -0.05) is 103 Å². The number of rotatable bonds is 17. The van der Waals surface area contributed by atoms with E-state index in [4.69, 9.17) is 0 Å². The quantitative estimate of drug-likeness (QED) is 0.156. The molecule has 0 atom stereocenters. The Morgan fingerprint density at radius 2 is 1.14 bits per heavy atom. The van der Waals surface area contributed by atoms with Crippen molar-refractivity contribution < 1.29 is 13.0 Å². The molecule has 0 saturated carbocycles. The van der Waals surface area contributed by atoms with Crippen molar-refractivity contribution in [2.45, 2.75) is 121 Å². The van der Waals surface area contributed by atoms with Gasteiger partial charge in [-0.05, 0) is 42.9 Å². The maximum absolute atomic E-state index is 11.8. The van der Waals surface area contributed by atoms with Crippen LogP contribution in [0.5, 0.6) is 0 Å². The largest absolute Gasteiger partial charge is 0.294 e. The average Bonchev–Trinajstić information content (AvgIpc) is 2.66. The Hall–Kier alpha value is 0.766. The Bertz CT molecular complexity index is 629. The minimum absolute atomic E-state index is 0. The molecule has 0 bridgehead atoms. The summed E-state index contributed by atoms with van der Waals surface area (Å²) in [5, 5.41) is 0. The third kappa shape index (κ3) is 13.7. The van der Waals surface area contributed by atoms with Crippen molar-refractivity contribution in [1.29, 1.82) is 0 Å². The molecule has 1 aromatic rings. The zero-order valence-corrected chi connectivity index (χ0v) is 23.2. The minimum Gasteiger partial charge on any atom is -0.282 e. The van der Waals surface area contributed by atoms with Gasteiger partial charge in [-0.2, -0.15) is 8.42 Å². The van der Waals surface area contributed by atoms with Crippen LogP contribution >= 0.6 is 0 Å². The molecule has 0 unspecified atom stereocenters. The maximum Gasteiger partial charge on any atom is 0.294 e. The molecule has 5 heteroatoms. The van der Waals surface area contributed by atoms with Crippen LogP contribution in [0.25, 0.3) is 0 Å². The van der Waals surface area contributed by atoms with E-state index in [-0.39, 0.29) is 56.3 Å². The molecule has 1 aromatic carbocycles. The Morgan fingerprint density at radius 3 is 1.62 bits per heavy atom. The van der Waals surface area contributed by atoms with Crippen molar-refractivity contribution in [3.8, 4) is 0 Å². The van der Waals surface area contributed by atoms with Gasteiger partial charge in [-0.3, -0.25) is 4.55 Å². The molecule has 0 aliphatic rings. The Balaban J connectivity index is 0.00000784. The molecule has 1 radical (unpaired) electrons. The van der Waals surface area contributed by atoms with E-state index in [1.165, 1.54) is 70.6 Å². The van der Waals surface area contributed by atoms with E-state index in [0.29, 0.717) is 0 Å². The molecule has 163 valence electrons. The monoisotopic (exact) mass is 449 g/mol. The molecule has 29 heavy (non-hydrogen) atoms. The smallest absolute Gasteiger partial charge is 0.282 e. The second-order valence-electron chi connectivity index (χ2n) is 8.11. The van der Waals surface area contributed by atoms with Crippen LogP contribution in [0, 0.1) is 0 Å². The first-order valence-corrected chi connectivity index (χ1v) is 13.0. The standard InChI is InChI=1S/C24H42O3S.K/c1-3-5-7-9-11-12-14-16-20-23-22(18-15-13-10-8-6-4-2)19-17-21-24(23)28(25,26)27;/h17,19,21H,3-16,18,20H2,1-2H3,(H,25,26,27);. The number of benzene rings is 1. The topological polar surface area (TPSA) is 54.4 Å². The summed E-state index contributed by atoms with van der Waals surface area (Å²) in [6.45, 7) is 4.45. The van der Waals surface area contributed by atoms with Crippen LogP contribution in [0.4, 0.5) is 0 Å². The van der Waals surface area contributed by atoms with E-state index >= 15 is 0 Å². The van der Waals surface area contributed by atoms with E-state index < -0.39 is 10.1 Å². The van der Waals surface area contributed by atoms with Gasteiger partial charge in [0.25, 0.3) is 10.1 Å². The zero-order chi connectivity index (χ0) is 20.7. The van der Waals surface area contributed by atoms with Crippen molar-refractivity contribution in [3.63, 3.8) is 0 Å². The van der Waals surface area contributed by atoms with Crippen LogP contribution in [-0.2, 0) is 23.0 Å². The summed E-state index contributed by atoms with van der Waals surface area (Å²) in [5.41, 5.74) is 1.96. The molecule has 0 aromatic heterocycles. The molecule has 0 spiro atoms. The molecule has 0 saturated heterocycles. The van der Waals surface area contributed by atoms with Gasteiger partial charge in [-0.25, -0.2) is 0 Å². The molecular formula is C24H42KO3S. The van der Waals surface area contributed by atoms with E-state index in [2.05, 4.69) is 13.8 Å². The first kappa shape index (κ1) is 29.8. The summed E-state index contributed by atoms with van der Waals surface area (Å²) >= 11 is 0. The SMILES string of the molecule is CCCCCCCCCCc1c(CCCCCCCC)cccc1S(=O)(=O)O.[K]. The van der Waals surface area contributed by atoms with Crippen molar-refractivity contribution in [2.75, 3.05) is 0 Å². The van der Waals surface area contributed by atoms with Crippen LogP contribution in [0.2, 0.25) is 0 Å². The molecule has 0 heterocycles. The Morgan fingerprint density at radius 1 is 0.690 bits per heavy atom. The fraction of sp³-hybridized carbons (Fsp3) is 0.750. The zero-order valence-electron chi connectivity index (χ0n) is 19.2. The molecule has 1 N–H and O–H groups in total. The summed E-state index contributed by atoms with van der Waals surface area (Å²) in [7, 11) is -4.16. The normalized spacial score (nSPS) is 11.4. The molecule has 3 nitrogen and oxygen atoms in total. The third-order valence-electron chi connectivity index (χ3n) is 5.59. The predicted octanol–water partition coefficient (Wildman–Crippen LogP) is 7.14. The van der Waals surface area contributed by atoms with Gasteiger partial charge >= 0.3 is 0 Å². The number of unbranched alkanes of at least 4 members (excludes halogenated alkanes) is 12. The third-order valence-corrected chi connectivity index (χ3v) is 6.53. The molecule has 0 aliphatic heterocycles. The van der Waals surface area contributed by atoms with E-state index in [0.717, 1.165) is 43.2 Å². The van der Waals surface area contributed by atoms with Gasteiger partial charge in [0.2, 0.25) is 0 Å². The van der Waals surface area contributed by atoms with Crippen molar-refractivity contribution in [3.05, 3.63) is 29.3 Å². The fourth-order valence-electron chi connectivity index (χ4n) is 3.90. The second kappa shape index (κ2) is 18.3. The second-order valence-corrected chi connectivity index (χ2v) is 9.50. The van der Waals surface area contributed by atoms with Crippen LogP contribution in [0.3, 0.4) is 0 Å². The van der Waals surface area contributed by atoms with E-state index in [1.54, 1.807) is 12.1 Å². The number of hydrogen-bond acceptors (Lipinski definition) is 2. The summed E-state index contributed by atoms with van der Waals surface area (Å²) in [4.78, 5) is 0.124. The van der Waals surface area contributed by atoms with Crippen LogP contribution in [-0.4, -0.2) is 64.4 Å². The first-order chi connectivity index (χ1) is 13.5. The number of hydrogen-bond donors (Lipinski definition) is 1. The summed E-state index contributed by atoms with van der Waals surface area (Å²) in [6, 6.07) is 5.37. The molecule has 0 fully saturated rings. The molecule has 1 rings (SSSR count). The molecular weight excluding hydrogens is 407 g/mol. The fourth-order valence-corrected chi connectivity index (χ4v) is 4.70. The van der Waals surface area contributed by atoms with E-state index in [1.807, 2.05) is 6.07 Å². The van der Waals surface area contributed by atoms with Gasteiger partial charge in [-0.15, -0.1) is 0 Å². The predicted molar refractivity (Wildman–Crippen MR) is 125 cm³/mol. The molecule has 0 amide bonds. The average molecular weight is 450 g/mol. The summed E-state index contributed by atoms with van der Waals surface area (Å²) < 4.78 is 33.3. The van der Waals surface area contributed by atoms with Crippen LogP contribution in [0.15, 0.2) is 23.1 Å². The van der Waals surface area contributed by atoms with Crippen LogP contribution in [0.1, 0.15) is 115 Å². The first-order valence-electron chi connectivity index (χ1n) is 11.6. The van der Waals surface area contributed by atoms with Gasteiger partial charge in [0, 0.05) is 51.4 Å². The number of aryl methyl sites for hydroxylation is 1.